The molecule has 1 saturated carbocycles. The maximum atomic E-state index is 12.1. The van der Waals surface area contributed by atoms with E-state index < -0.39 is 0 Å². The van der Waals surface area contributed by atoms with E-state index >= 15 is 0 Å². The number of amides is 1. The van der Waals surface area contributed by atoms with Gasteiger partial charge in [0.2, 0.25) is 5.91 Å². The van der Waals surface area contributed by atoms with Crippen LogP contribution < -0.4 is 11.1 Å². The Morgan fingerprint density at radius 2 is 1.91 bits per heavy atom. The molecule has 0 radical (unpaired) electrons. The highest BCUT2D eigenvalue weighted by molar-refractivity contribution is 5.85. The smallest absolute Gasteiger partial charge is 0.220 e. The highest BCUT2D eigenvalue weighted by Crippen LogP contribution is 2.39. The molecule has 124 valence electrons. The molecule has 0 aromatic heterocycles. The number of halogens is 1. The Balaban J connectivity index is 0.00000242. The molecule has 0 spiro atoms. The first kappa shape index (κ1) is 19.0. The van der Waals surface area contributed by atoms with Crippen LogP contribution >= 0.6 is 12.4 Å². The van der Waals surface area contributed by atoms with E-state index in [9.17, 15) is 4.79 Å². The van der Waals surface area contributed by atoms with Crippen molar-refractivity contribution in [3.05, 3.63) is 35.4 Å². The zero-order chi connectivity index (χ0) is 15.5. The molecule has 1 aromatic rings. The van der Waals surface area contributed by atoms with Gasteiger partial charge >= 0.3 is 0 Å². The van der Waals surface area contributed by atoms with Gasteiger partial charge in [0.15, 0.2) is 0 Å². The van der Waals surface area contributed by atoms with Crippen molar-refractivity contribution in [2.24, 2.45) is 11.7 Å². The summed E-state index contributed by atoms with van der Waals surface area (Å²) in [6.45, 7) is 6.97. The van der Waals surface area contributed by atoms with E-state index in [4.69, 9.17) is 5.73 Å². The van der Waals surface area contributed by atoms with Gasteiger partial charge in [0.25, 0.3) is 0 Å². The predicted molar refractivity (Wildman–Crippen MR) is 94.4 cm³/mol. The average Bonchev–Trinajstić information content (AvgIpc) is 3.30. The third-order valence-electron chi connectivity index (χ3n) is 4.61. The molecule has 0 saturated heterocycles. The molecule has 1 amide bonds. The summed E-state index contributed by atoms with van der Waals surface area (Å²) in [6, 6.07) is 8.58. The Labute approximate surface area is 140 Å². The van der Waals surface area contributed by atoms with E-state index in [1.54, 1.807) is 0 Å². The molecule has 1 aliphatic rings. The topological polar surface area (TPSA) is 55.1 Å². The van der Waals surface area contributed by atoms with Gasteiger partial charge in [0.05, 0.1) is 5.54 Å². The monoisotopic (exact) mass is 324 g/mol. The number of rotatable bonds is 7. The molecule has 3 N–H and O–H groups in total. The van der Waals surface area contributed by atoms with Gasteiger partial charge in [-0.15, -0.1) is 12.4 Å². The summed E-state index contributed by atoms with van der Waals surface area (Å²) < 4.78 is 0. The van der Waals surface area contributed by atoms with Gasteiger partial charge in [-0.1, -0.05) is 38.1 Å². The van der Waals surface area contributed by atoms with E-state index in [1.807, 2.05) is 0 Å². The van der Waals surface area contributed by atoms with E-state index in [0.29, 0.717) is 24.8 Å². The van der Waals surface area contributed by atoms with Gasteiger partial charge in [-0.25, -0.2) is 0 Å². The fraction of sp³-hybridized carbons (Fsp3) is 0.611. The molecular formula is C18H29ClN2O. The Morgan fingerprint density at radius 3 is 2.36 bits per heavy atom. The van der Waals surface area contributed by atoms with Crippen molar-refractivity contribution in [2.75, 3.05) is 6.54 Å². The van der Waals surface area contributed by atoms with Crippen LogP contribution in [0.3, 0.4) is 0 Å². The van der Waals surface area contributed by atoms with Gasteiger partial charge < -0.3 is 11.1 Å². The maximum Gasteiger partial charge on any atom is 0.220 e. The first-order valence-electron chi connectivity index (χ1n) is 8.04. The molecule has 1 aliphatic carbocycles. The lowest BCUT2D eigenvalue weighted by atomic mass is 9.95. The summed E-state index contributed by atoms with van der Waals surface area (Å²) in [7, 11) is 0. The Kier molecular flexibility index (Phi) is 6.89. The summed E-state index contributed by atoms with van der Waals surface area (Å²) in [5, 5.41) is 3.14. The number of hydrogen-bond acceptors (Lipinski definition) is 2. The molecule has 1 fully saturated rings. The van der Waals surface area contributed by atoms with Gasteiger partial charge in [-0.2, -0.15) is 0 Å². The SMILES string of the molecule is CC(C)c1ccc(CCC(=O)NC(C)(CN)C2CC2)cc1.Cl. The maximum absolute atomic E-state index is 12.1. The molecule has 2 rings (SSSR count). The quantitative estimate of drug-likeness (QED) is 0.807. The van der Waals surface area contributed by atoms with Crippen LogP contribution in [0.25, 0.3) is 0 Å². The molecule has 0 bridgehead atoms. The van der Waals surface area contributed by atoms with Crippen molar-refractivity contribution in [2.45, 2.75) is 57.9 Å². The summed E-state index contributed by atoms with van der Waals surface area (Å²) in [4.78, 5) is 12.1. The highest BCUT2D eigenvalue weighted by atomic mass is 35.5. The van der Waals surface area contributed by atoms with Crippen LogP contribution in [0.2, 0.25) is 0 Å². The zero-order valence-corrected chi connectivity index (χ0v) is 14.7. The second kappa shape index (κ2) is 7.98. The Morgan fingerprint density at radius 1 is 1.32 bits per heavy atom. The van der Waals surface area contributed by atoms with Crippen molar-refractivity contribution >= 4 is 18.3 Å². The van der Waals surface area contributed by atoms with Crippen molar-refractivity contribution in [1.82, 2.24) is 5.32 Å². The van der Waals surface area contributed by atoms with Crippen LogP contribution in [-0.4, -0.2) is 18.0 Å². The number of carbonyl (C=O) groups excluding carboxylic acids is 1. The molecule has 22 heavy (non-hydrogen) atoms. The van der Waals surface area contributed by atoms with Crippen LogP contribution in [0.1, 0.15) is 57.1 Å². The molecule has 0 aliphatic heterocycles. The third-order valence-corrected chi connectivity index (χ3v) is 4.61. The number of nitrogens with two attached hydrogens (primary N) is 1. The Hall–Kier alpha value is -1.06. The molecule has 1 unspecified atom stereocenters. The second-order valence-electron chi connectivity index (χ2n) is 6.84. The molecule has 4 heteroatoms. The van der Waals surface area contributed by atoms with Gasteiger partial charge in [0, 0.05) is 13.0 Å². The molecule has 1 aromatic carbocycles. The van der Waals surface area contributed by atoms with Gasteiger partial charge in [-0.3, -0.25) is 4.79 Å². The van der Waals surface area contributed by atoms with Crippen LogP contribution in [0.4, 0.5) is 0 Å². The van der Waals surface area contributed by atoms with Crippen molar-refractivity contribution in [1.29, 1.82) is 0 Å². The Bertz CT molecular complexity index is 482. The van der Waals surface area contributed by atoms with Crippen LogP contribution in [0.5, 0.6) is 0 Å². The summed E-state index contributed by atoms with van der Waals surface area (Å²) in [5.41, 5.74) is 8.18. The van der Waals surface area contributed by atoms with Crippen LogP contribution in [0.15, 0.2) is 24.3 Å². The average molecular weight is 325 g/mol. The summed E-state index contributed by atoms with van der Waals surface area (Å²) in [5.74, 6) is 1.23. The second-order valence-corrected chi connectivity index (χ2v) is 6.84. The van der Waals surface area contributed by atoms with Crippen molar-refractivity contribution < 1.29 is 4.79 Å². The number of carbonyl (C=O) groups is 1. The number of aryl methyl sites for hydroxylation is 1. The first-order chi connectivity index (χ1) is 9.94. The van der Waals surface area contributed by atoms with Gasteiger partial charge in [0.1, 0.15) is 0 Å². The van der Waals surface area contributed by atoms with E-state index in [0.717, 1.165) is 6.42 Å². The fourth-order valence-electron chi connectivity index (χ4n) is 2.75. The molecule has 1 atom stereocenters. The third kappa shape index (κ3) is 4.99. The number of hydrogen-bond donors (Lipinski definition) is 2. The standard InChI is InChI=1S/C18H28N2O.ClH/c1-13(2)15-7-4-14(5-8-15)6-11-17(21)20-18(3,12-19)16-9-10-16;/h4-5,7-8,13,16H,6,9-12,19H2,1-3H3,(H,20,21);1H. The summed E-state index contributed by atoms with van der Waals surface area (Å²) >= 11 is 0. The molecule has 3 nitrogen and oxygen atoms in total. The lowest BCUT2D eigenvalue weighted by Crippen LogP contribution is -2.53. The fourth-order valence-corrected chi connectivity index (χ4v) is 2.75. The normalized spacial score (nSPS) is 16.8. The van der Waals surface area contributed by atoms with Crippen molar-refractivity contribution in [3.8, 4) is 0 Å². The number of nitrogens with one attached hydrogen (secondary N) is 1. The zero-order valence-electron chi connectivity index (χ0n) is 13.9. The minimum Gasteiger partial charge on any atom is -0.349 e. The minimum atomic E-state index is -0.210. The lowest BCUT2D eigenvalue weighted by Gasteiger charge is -2.29. The minimum absolute atomic E-state index is 0. The van der Waals surface area contributed by atoms with Crippen LogP contribution in [-0.2, 0) is 11.2 Å². The first-order valence-corrected chi connectivity index (χ1v) is 8.04. The predicted octanol–water partition coefficient (Wildman–Crippen LogP) is 3.41. The molecular weight excluding hydrogens is 296 g/mol. The van der Waals surface area contributed by atoms with Crippen LogP contribution in [0, 0.1) is 5.92 Å². The molecule has 0 heterocycles. The van der Waals surface area contributed by atoms with Crippen molar-refractivity contribution in [3.63, 3.8) is 0 Å². The van der Waals surface area contributed by atoms with Gasteiger partial charge in [-0.05, 0) is 49.1 Å². The largest absolute Gasteiger partial charge is 0.349 e. The summed E-state index contributed by atoms with van der Waals surface area (Å²) in [6.07, 6.45) is 3.69. The van der Waals surface area contributed by atoms with E-state index in [2.05, 4.69) is 50.4 Å². The number of benzene rings is 1. The highest BCUT2D eigenvalue weighted by Gasteiger charge is 2.41. The lowest BCUT2D eigenvalue weighted by molar-refractivity contribution is -0.123. The van der Waals surface area contributed by atoms with E-state index in [-0.39, 0.29) is 23.9 Å². The van der Waals surface area contributed by atoms with E-state index in [1.165, 1.54) is 24.0 Å².